The van der Waals surface area contributed by atoms with Gasteiger partial charge in [-0.3, -0.25) is 0 Å². The minimum Gasteiger partial charge on any atom is -0.341 e. The lowest BCUT2D eigenvalue weighted by atomic mass is 10.5. The Hall–Kier alpha value is -1.54. The Balaban J connectivity index is 2.24. The van der Waals surface area contributed by atoms with Crippen LogP contribution in [0.2, 0.25) is 0 Å². The van der Waals surface area contributed by atoms with E-state index in [1.165, 1.54) is 6.33 Å². The molecule has 0 aromatic carbocycles. The van der Waals surface area contributed by atoms with E-state index in [2.05, 4.69) is 25.9 Å². The first-order valence-electron chi connectivity index (χ1n) is 4.12. The Labute approximate surface area is 85.6 Å². The van der Waals surface area contributed by atoms with Crippen molar-refractivity contribution in [2.24, 2.45) is 0 Å². The van der Waals surface area contributed by atoms with Gasteiger partial charge in [-0.05, 0) is 0 Å². The SMILES string of the molecule is C#CCCSc1ncnc2nc[nH]c12. The van der Waals surface area contributed by atoms with Crippen molar-refractivity contribution in [2.45, 2.75) is 11.4 Å². The summed E-state index contributed by atoms with van der Waals surface area (Å²) in [5.74, 6) is 3.45. The standard InChI is InChI=1S/C9H8N4S/c1-2-3-4-14-9-7-8(11-5-10-7)12-6-13-9/h1,5-6H,3-4H2,(H,10,11,12,13). The van der Waals surface area contributed by atoms with Crippen molar-refractivity contribution < 1.29 is 0 Å². The maximum Gasteiger partial charge on any atom is 0.181 e. The van der Waals surface area contributed by atoms with Crippen LogP contribution in [0.4, 0.5) is 0 Å². The Kier molecular flexibility index (Phi) is 2.65. The predicted octanol–water partition coefficient (Wildman–Crippen LogP) is 1.47. The molecule has 0 bridgehead atoms. The molecule has 0 amide bonds. The summed E-state index contributed by atoms with van der Waals surface area (Å²) in [4.78, 5) is 15.2. The molecule has 1 N–H and O–H groups in total. The van der Waals surface area contributed by atoms with E-state index in [1.54, 1.807) is 18.1 Å². The Morgan fingerprint density at radius 2 is 2.36 bits per heavy atom. The first-order chi connectivity index (χ1) is 6.92. The molecule has 0 atom stereocenters. The van der Waals surface area contributed by atoms with E-state index in [-0.39, 0.29) is 0 Å². The number of rotatable bonds is 3. The average Bonchev–Trinajstić information content (AvgIpc) is 2.67. The third kappa shape index (κ3) is 1.70. The topological polar surface area (TPSA) is 54.5 Å². The van der Waals surface area contributed by atoms with E-state index in [9.17, 15) is 0 Å². The van der Waals surface area contributed by atoms with E-state index in [0.717, 1.165) is 22.7 Å². The van der Waals surface area contributed by atoms with Gasteiger partial charge in [0, 0.05) is 12.2 Å². The highest BCUT2D eigenvalue weighted by Gasteiger charge is 2.04. The lowest BCUT2D eigenvalue weighted by Gasteiger charge is -1.97. The van der Waals surface area contributed by atoms with Crippen LogP contribution in [0, 0.1) is 12.3 Å². The number of aromatic nitrogens is 4. The van der Waals surface area contributed by atoms with Crippen molar-refractivity contribution >= 4 is 22.9 Å². The summed E-state index contributed by atoms with van der Waals surface area (Å²) in [6.07, 6.45) is 9.04. The molecule has 0 spiro atoms. The number of aromatic amines is 1. The highest BCUT2D eigenvalue weighted by Crippen LogP contribution is 2.21. The van der Waals surface area contributed by atoms with E-state index < -0.39 is 0 Å². The zero-order chi connectivity index (χ0) is 9.80. The van der Waals surface area contributed by atoms with Gasteiger partial charge < -0.3 is 4.98 Å². The van der Waals surface area contributed by atoms with Crippen molar-refractivity contribution in [1.82, 2.24) is 19.9 Å². The van der Waals surface area contributed by atoms with Gasteiger partial charge in [0.1, 0.15) is 16.9 Å². The predicted molar refractivity (Wildman–Crippen MR) is 55.9 cm³/mol. The van der Waals surface area contributed by atoms with Crippen molar-refractivity contribution in [3.63, 3.8) is 0 Å². The fourth-order valence-electron chi connectivity index (χ4n) is 1.06. The molecule has 0 unspecified atom stereocenters. The molecule has 0 aliphatic heterocycles. The maximum absolute atomic E-state index is 5.17. The molecule has 0 saturated heterocycles. The molecule has 14 heavy (non-hydrogen) atoms. The molecule has 2 rings (SSSR count). The number of imidazole rings is 1. The summed E-state index contributed by atoms with van der Waals surface area (Å²) in [6.45, 7) is 0. The van der Waals surface area contributed by atoms with E-state index in [4.69, 9.17) is 6.42 Å². The highest BCUT2D eigenvalue weighted by molar-refractivity contribution is 7.99. The molecular weight excluding hydrogens is 196 g/mol. The fourth-order valence-corrected chi connectivity index (χ4v) is 1.89. The zero-order valence-electron chi connectivity index (χ0n) is 7.40. The molecule has 2 aromatic heterocycles. The monoisotopic (exact) mass is 204 g/mol. The summed E-state index contributed by atoms with van der Waals surface area (Å²) in [6, 6.07) is 0. The molecule has 70 valence electrons. The van der Waals surface area contributed by atoms with Crippen molar-refractivity contribution in [3.05, 3.63) is 12.7 Å². The first-order valence-corrected chi connectivity index (χ1v) is 5.10. The summed E-state index contributed by atoms with van der Waals surface area (Å²) >= 11 is 1.61. The largest absolute Gasteiger partial charge is 0.341 e. The van der Waals surface area contributed by atoms with Crippen LogP contribution >= 0.6 is 11.8 Å². The van der Waals surface area contributed by atoms with Crippen LogP contribution in [0.15, 0.2) is 17.7 Å². The second-order valence-corrected chi connectivity index (χ2v) is 3.67. The summed E-state index contributed by atoms with van der Waals surface area (Å²) in [5.41, 5.74) is 1.58. The van der Waals surface area contributed by atoms with Crippen LogP contribution in [0.3, 0.4) is 0 Å². The number of hydrogen-bond acceptors (Lipinski definition) is 4. The summed E-state index contributed by atoms with van der Waals surface area (Å²) in [7, 11) is 0. The van der Waals surface area contributed by atoms with Crippen LogP contribution in [0.1, 0.15) is 6.42 Å². The van der Waals surface area contributed by atoms with Crippen LogP contribution in [-0.4, -0.2) is 25.7 Å². The summed E-state index contributed by atoms with van der Waals surface area (Å²) < 4.78 is 0. The van der Waals surface area contributed by atoms with Gasteiger partial charge in [-0.25, -0.2) is 15.0 Å². The maximum atomic E-state index is 5.17. The summed E-state index contributed by atoms with van der Waals surface area (Å²) in [5, 5.41) is 0.905. The smallest absolute Gasteiger partial charge is 0.181 e. The fraction of sp³-hybridized carbons (Fsp3) is 0.222. The second-order valence-electron chi connectivity index (χ2n) is 2.58. The molecule has 5 heteroatoms. The number of thioether (sulfide) groups is 1. The van der Waals surface area contributed by atoms with Crippen molar-refractivity contribution in [2.75, 3.05) is 5.75 Å². The van der Waals surface area contributed by atoms with Gasteiger partial charge in [-0.2, -0.15) is 0 Å². The third-order valence-corrected chi connectivity index (χ3v) is 2.66. The van der Waals surface area contributed by atoms with Crippen LogP contribution < -0.4 is 0 Å². The number of nitrogens with one attached hydrogen (secondary N) is 1. The van der Waals surface area contributed by atoms with Crippen LogP contribution in [0.25, 0.3) is 11.2 Å². The minimum absolute atomic E-state index is 0.697. The molecular formula is C9H8N4S. The normalized spacial score (nSPS) is 10.2. The lowest BCUT2D eigenvalue weighted by Crippen LogP contribution is -1.87. The molecule has 0 radical (unpaired) electrons. The van der Waals surface area contributed by atoms with Crippen LogP contribution in [-0.2, 0) is 0 Å². The van der Waals surface area contributed by atoms with E-state index in [1.807, 2.05) is 0 Å². The van der Waals surface area contributed by atoms with Gasteiger partial charge >= 0.3 is 0 Å². The number of nitrogens with zero attached hydrogens (tertiary/aromatic N) is 3. The van der Waals surface area contributed by atoms with Crippen molar-refractivity contribution in [1.29, 1.82) is 0 Å². The Morgan fingerprint density at radius 1 is 1.43 bits per heavy atom. The quantitative estimate of drug-likeness (QED) is 0.356. The molecule has 0 aliphatic carbocycles. The minimum atomic E-state index is 0.697. The molecule has 0 aliphatic rings. The number of H-pyrrole nitrogens is 1. The van der Waals surface area contributed by atoms with E-state index >= 15 is 0 Å². The van der Waals surface area contributed by atoms with Gasteiger partial charge in [0.15, 0.2) is 5.65 Å². The second kappa shape index (κ2) is 4.11. The zero-order valence-corrected chi connectivity index (χ0v) is 8.21. The highest BCUT2D eigenvalue weighted by atomic mass is 32.2. The number of hydrogen-bond donors (Lipinski definition) is 1. The molecule has 0 fully saturated rings. The van der Waals surface area contributed by atoms with Gasteiger partial charge in [-0.15, -0.1) is 24.1 Å². The molecule has 2 heterocycles. The third-order valence-electron chi connectivity index (χ3n) is 1.67. The van der Waals surface area contributed by atoms with Gasteiger partial charge in [-0.1, -0.05) is 0 Å². The lowest BCUT2D eigenvalue weighted by molar-refractivity contribution is 1.08. The Morgan fingerprint density at radius 3 is 3.21 bits per heavy atom. The van der Waals surface area contributed by atoms with Gasteiger partial charge in [0.25, 0.3) is 0 Å². The van der Waals surface area contributed by atoms with Gasteiger partial charge in [0.05, 0.1) is 6.33 Å². The van der Waals surface area contributed by atoms with Crippen molar-refractivity contribution in [3.8, 4) is 12.3 Å². The number of fused-ring (bicyclic) bond motifs is 1. The van der Waals surface area contributed by atoms with Crippen LogP contribution in [0.5, 0.6) is 0 Å². The number of terminal acetylenes is 1. The first kappa shape index (κ1) is 9.03. The average molecular weight is 204 g/mol. The molecule has 0 saturated carbocycles. The van der Waals surface area contributed by atoms with E-state index in [0.29, 0.717) is 5.65 Å². The molecule has 2 aromatic rings. The Bertz CT molecular complexity index is 471. The molecule has 4 nitrogen and oxygen atoms in total. The van der Waals surface area contributed by atoms with Gasteiger partial charge in [0.2, 0.25) is 0 Å².